The minimum atomic E-state index is -3.16. The van der Waals surface area contributed by atoms with Crippen molar-refractivity contribution in [3.8, 4) is 16.8 Å². The monoisotopic (exact) mass is 608 g/mol. The van der Waals surface area contributed by atoms with Crippen molar-refractivity contribution < 1.29 is 4.57 Å². The number of hydrogen-bond acceptors (Lipinski definition) is 2. The number of nitrogens with zero attached hydrogens (tertiary/aromatic N) is 2. The van der Waals surface area contributed by atoms with Gasteiger partial charge in [-0.3, -0.25) is 0 Å². The molecule has 0 saturated heterocycles. The molecule has 0 fully saturated rings. The van der Waals surface area contributed by atoms with Crippen LogP contribution < -0.4 is 20.8 Å². The number of benzene rings is 7. The second kappa shape index (κ2) is 10.5. The maximum absolute atomic E-state index is 15.5. The number of para-hydroxylation sites is 4. The van der Waals surface area contributed by atoms with Crippen molar-refractivity contribution in [2.24, 2.45) is 0 Å². The molecule has 1 aliphatic rings. The summed E-state index contributed by atoms with van der Waals surface area (Å²) in [5.74, 6) is 0. The summed E-state index contributed by atoms with van der Waals surface area (Å²) >= 11 is 0. The molecule has 0 spiro atoms. The van der Waals surface area contributed by atoms with E-state index in [1.807, 2.05) is 54.6 Å². The minimum absolute atomic E-state index is 0.847. The van der Waals surface area contributed by atoms with Gasteiger partial charge in [0, 0.05) is 38.1 Å². The topological polar surface area (TPSA) is 25.2 Å². The zero-order chi connectivity index (χ0) is 30.7. The molecular formula is C42H29N2OP. The molecule has 0 bridgehead atoms. The maximum Gasteiger partial charge on any atom is 0.175 e. The smallest absolute Gasteiger partial charge is 0.175 e. The molecule has 1 unspecified atom stereocenters. The van der Waals surface area contributed by atoms with Gasteiger partial charge in [-0.25, -0.2) is 0 Å². The summed E-state index contributed by atoms with van der Waals surface area (Å²) in [6.45, 7) is 0. The summed E-state index contributed by atoms with van der Waals surface area (Å²) in [6, 6.07) is 60.9. The second-order valence-electron chi connectivity index (χ2n) is 11.7. The van der Waals surface area contributed by atoms with Crippen LogP contribution in [0.5, 0.6) is 0 Å². The Hall–Kier alpha value is -5.63. The molecule has 0 radical (unpaired) electrons. The van der Waals surface area contributed by atoms with E-state index < -0.39 is 7.14 Å². The fourth-order valence-electron chi connectivity index (χ4n) is 7.11. The summed E-state index contributed by atoms with van der Waals surface area (Å²) in [5.41, 5.74) is 8.63. The van der Waals surface area contributed by atoms with E-state index in [-0.39, 0.29) is 0 Å². The van der Waals surface area contributed by atoms with Crippen LogP contribution >= 0.6 is 7.14 Å². The van der Waals surface area contributed by atoms with Crippen molar-refractivity contribution in [1.29, 1.82) is 0 Å². The van der Waals surface area contributed by atoms with Crippen molar-refractivity contribution in [3.05, 3.63) is 176 Å². The first-order valence-electron chi connectivity index (χ1n) is 15.6. The van der Waals surface area contributed by atoms with E-state index in [9.17, 15) is 0 Å². The average Bonchev–Trinajstić information content (AvgIpc) is 3.46. The molecule has 2 heterocycles. The lowest BCUT2D eigenvalue weighted by molar-refractivity contribution is 0.592. The summed E-state index contributed by atoms with van der Waals surface area (Å²) in [7, 11) is -3.16. The third kappa shape index (κ3) is 3.96. The van der Waals surface area contributed by atoms with Crippen LogP contribution in [0.15, 0.2) is 176 Å². The molecule has 0 aliphatic carbocycles. The van der Waals surface area contributed by atoms with Crippen molar-refractivity contribution in [2.45, 2.75) is 0 Å². The van der Waals surface area contributed by atoms with Crippen LogP contribution in [0, 0.1) is 0 Å². The van der Waals surface area contributed by atoms with Crippen LogP contribution in [0.25, 0.3) is 38.6 Å². The molecule has 0 amide bonds. The molecule has 218 valence electrons. The fourth-order valence-corrected chi connectivity index (χ4v) is 10.1. The lowest BCUT2D eigenvalue weighted by Gasteiger charge is -2.38. The number of hydrogen-bond donors (Lipinski definition) is 0. The standard InChI is InChI=1S/C42H29N2OP/c45-46(34-18-8-3-9-19-34)41-23-13-12-22-39(41)44(33-16-6-2-7-17-33)40-29-31(25-27-42(40)46)30-24-26-38-36(28-30)35-20-10-11-21-37(35)43(38)32-14-4-1-5-15-32/h1-29H. The van der Waals surface area contributed by atoms with E-state index >= 15 is 4.57 Å². The molecule has 7 aromatic carbocycles. The zero-order valence-corrected chi connectivity index (χ0v) is 25.9. The molecule has 46 heavy (non-hydrogen) atoms. The lowest BCUT2D eigenvalue weighted by Crippen LogP contribution is -2.36. The molecule has 0 saturated carbocycles. The van der Waals surface area contributed by atoms with Gasteiger partial charge in [0.15, 0.2) is 7.14 Å². The number of aromatic nitrogens is 1. The van der Waals surface area contributed by atoms with Crippen LogP contribution in [0.1, 0.15) is 0 Å². The highest BCUT2D eigenvalue weighted by atomic mass is 31.2. The first-order valence-corrected chi connectivity index (χ1v) is 17.3. The van der Waals surface area contributed by atoms with Gasteiger partial charge in [-0.15, -0.1) is 0 Å². The molecular weight excluding hydrogens is 579 g/mol. The molecule has 8 aromatic rings. The Balaban J connectivity index is 1.29. The highest BCUT2D eigenvalue weighted by Crippen LogP contribution is 2.54. The lowest BCUT2D eigenvalue weighted by atomic mass is 10.0. The second-order valence-corrected chi connectivity index (χ2v) is 14.4. The van der Waals surface area contributed by atoms with E-state index in [4.69, 9.17) is 0 Å². The van der Waals surface area contributed by atoms with Gasteiger partial charge in [0.25, 0.3) is 0 Å². The Kier molecular flexibility index (Phi) is 6.09. The number of fused-ring (bicyclic) bond motifs is 5. The van der Waals surface area contributed by atoms with Gasteiger partial charge in [-0.2, -0.15) is 0 Å². The van der Waals surface area contributed by atoms with Gasteiger partial charge < -0.3 is 14.0 Å². The molecule has 1 aliphatic heterocycles. The Morgan fingerprint density at radius 1 is 0.413 bits per heavy atom. The highest BCUT2D eigenvalue weighted by Gasteiger charge is 2.41. The van der Waals surface area contributed by atoms with Crippen LogP contribution in [0.4, 0.5) is 17.1 Å². The average molecular weight is 609 g/mol. The molecule has 3 nitrogen and oxygen atoms in total. The highest BCUT2D eigenvalue weighted by molar-refractivity contribution is 7.86. The van der Waals surface area contributed by atoms with E-state index in [1.165, 1.54) is 21.8 Å². The van der Waals surface area contributed by atoms with Crippen LogP contribution in [0.2, 0.25) is 0 Å². The largest absolute Gasteiger partial charge is 0.309 e. The van der Waals surface area contributed by atoms with Crippen LogP contribution in [-0.4, -0.2) is 4.57 Å². The molecule has 9 rings (SSSR count). The molecule has 0 N–H and O–H groups in total. The predicted molar refractivity (Wildman–Crippen MR) is 194 cm³/mol. The molecule has 4 heteroatoms. The fraction of sp³-hybridized carbons (Fsp3) is 0. The van der Waals surface area contributed by atoms with Gasteiger partial charge in [0.1, 0.15) is 0 Å². The Bertz CT molecular complexity index is 2450. The zero-order valence-electron chi connectivity index (χ0n) is 25.0. The van der Waals surface area contributed by atoms with E-state index in [1.54, 1.807) is 0 Å². The molecule has 1 atom stereocenters. The first-order chi connectivity index (χ1) is 22.7. The summed E-state index contributed by atoms with van der Waals surface area (Å²) in [6.07, 6.45) is 0. The third-order valence-corrected chi connectivity index (χ3v) is 12.3. The van der Waals surface area contributed by atoms with Crippen molar-refractivity contribution in [1.82, 2.24) is 4.57 Å². The van der Waals surface area contributed by atoms with Gasteiger partial charge in [-0.1, -0.05) is 109 Å². The Morgan fingerprint density at radius 3 is 1.76 bits per heavy atom. The number of anilines is 3. The van der Waals surface area contributed by atoms with Gasteiger partial charge in [0.05, 0.1) is 22.4 Å². The van der Waals surface area contributed by atoms with Gasteiger partial charge >= 0.3 is 0 Å². The Morgan fingerprint density at radius 2 is 0.978 bits per heavy atom. The molecule has 1 aromatic heterocycles. The van der Waals surface area contributed by atoms with Crippen LogP contribution in [0.3, 0.4) is 0 Å². The van der Waals surface area contributed by atoms with Gasteiger partial charge in [0.2, 0.25) is 0 Å². The van der Waals surface area contributed by atoms with Crippen molar-refractivity contribution >= 4 is 61.9 Å². The summed E-state index contributed by atoms with van der Waals surface area (Å²) in [5, 5.41) is 4.98. The maximum atomic E-state index is 15.5. The normalized spacial score (nSPS) is 15.5. The van der Waals surface area contributed by atoms with E-state index in [2.05, 4.69) is 131 Å². The predicted octanol–water partition coefficient (Wildman–Crippen LogP) is 9.87. The minimum Gasteiger partial charge on any atom is -0.309 e. The van der Waals surface area contributed by atoms with E-state index in [0.29, 0.717) is 0 Å². The SMILES string of the molecule is O=P1(c2ccccc2)c2ccccc2N(c2ccccc2)c2cc(-c3ccc4c(c3)c3ccccc3n4-c3ccccc3)ccc21. The summed E-state index contributed by atoms with van der Waals surface area (Å²) < 4.78 is 17.9. The van der Waals surface area contributed by atoms with E-state index in [0.717, 1.165) is 49.8 Å². The quantitative estimate of drug-likeness (QED) is 0.186. The van der Waals surface area contributed by atoms with Crippen LogP contribution in [-0.2, 0) is 4.57 Å². The van der Waals surface area contributed by atoms with Crippen molar-refractivity contribution in [2.75, 3.05) is 4.90 Å². The van der Waals surface area contributed by atoms with Crippen molar-refractivity contribution in [3.63, 3.8) is 0 Å². The number of rotatable bonds is 4. The third-order valence-electron chi connectivity index (χ3n) is 9.17. The summed E-state index contributed by atoms with van der Waals surface area (Å²) in [4.78, 5) is 2.27. The first kappa shape index (κ1) is 26.7. The Labute approximate surface area is 268 Å². The van der Waals surface area contributed by atoms with Gasteiger partial charge in [-0.05, 0) is 77.9 Å².